The van der Waals surface area contributed by atoms with Gasteiger partial charge < -0.3 is 30.0 Å². The number of methoxy groups -OCH3 is 1. The van der Waals surface area contributed by atoms with E-state index in [9.17, 15) is 24.3 Å². The maximum atomic E-state index is 13.1. The van der Waals surface area contributed by atoms with Crippen molar-refractivity contribution in [2.45, 2.75) is 51.5 Å². The van der Waals surface area contributed by atoms with Crippen molar-refractivity contribution < 1.29 is 38.5 Å². The highest BCUT2D eigenvalue weighted by atomic mass is 32.1. The van der Waals surface area contributed by atoms with Crippen LogP contribution in [0.3, 0.4) is 0 Å². The molecular weight excluding hydrogens is 673 g/mol. The molecule has 0 aliphatic heterocycles. The molecule has 2 amide bonds. The van der Waals surface area contributed by atoms with E-state index in [0.717, 1.165) is 17.5 Å². The Bertz CT molecular complexity index is 2000. The number of aromatic nitrogens is 2. The lowest BCUT2D eigenvalue weighted by molar-refractivity contribution is -0.139. The third kappa shape index (κ3) is 10.1. The van der Waals surface area contributed by atoms with Crippen LogP contribution in [0.2, 0.25) is 0 Å². The molecule has 0 aliphatic rings. The van der Waals surface area contributed by atoms with Gasteiger partial charge >= 0.3 is 11.9 Å². The van der Waals surface area contributed by atoms with E-state index < -0.39 is 29.8 Å². The number of nitrogens with one attached hydrogen (secondary N) is 2. The summed E-state index contributed by atoms with van der Waals surface area (Å²) in [4.78, 5) is 51.0. The molecule has 1 heterocycles. The molecule has 0 spiro atoms. The molecule has 51 heavy (non-hydrogen) atoms. The molecule has 0 radical (unpaired) electrons. The summed E-state index contributed by atoms with van der Waals surface area (Å²) in [5, 5.41) is 19.2. The molecule has 264 valence electrons. The van der Waals surface area contributed by atoms with E-state index in [2.05, 4.69) is 27.1 Å². The van der Waals surface area contributed by atoms with Gasteiger partial charge in [-0.05, 0) is 96.3 Å². The number of rotatable bonds is 17. The van der Waals surface area contributed by atoms with Gasteiger partial charge in [0.1, 0.15) is 17.3 Å². The molecule has 0 bridgehead atoms. The first kappa shape index (κ1) is 36.5. The minimum atomic E-state index is -1.30. The zero-order chi connectivity index (χ0) is 36.2. The number of anilines is 1. The number of hydrogen-bond donors (Lipinski definition) is 3. The molecular formula is C38H38N4O8S. The molecule has 5 aromatic rings. The Hall–Kier alpha value is -5.82. The van der Waals surface area contributed by atoms with Crippen LogP contribution in [0.25, 0.3) is 10.2 Å². The summed E-state index contributed by atoms with van der Waals surface area (Å²) >= 11 is 1.22. The highest BCUT2D eigenvalue weighted by Gasteiger charge is 2.23. The quantitative estimate of drug-likeness (QED) is 0.0522. The largest absolute Gasteiger partial charge is 0.494 e. The molecule has 1 atom stereocenters. The van der Waals surface area contributed by atoms with E-state index in [1.807, 2.05) is 0 Å². The molecule has 1 unspecified atom stereocenters. The monoisotopic (exact) mass is 710 g/mol. The van der Waals surface area contributed by atoms with Crippen LogP contribution in [-0.4, -0.2) is 58.2 Å². The van der Waals surface area contributed by atoms with Crippen molar-refractivity contribution in [2.75, 3.05) is 19.0 Å². The number of unbranched alkanes of at least 4 members (excludes halogenated alkanes) is 4. The lowest BCUT2D eigenvalue weighted by Gasteiger charge is -2.17. The highest BCUT2D eigenvalue weighted by molar-refractivity contribution is 7.12. The number of carboxylic acids is 1. The van der Waals surface area contributed by atoms with Crippen LogP contribution in [0.4, 0.5) is 5.69 Å². The van der Waals surface area contributed by atoms with E-state index >= 15 is 0 Å². The Labute approximate surface area is 298 Å². The Balaban J connectivity index is 1.17. The smallest absolute Gasteiger partial charge is 0.343 e. The molecule has 5 rings (SSSR count). The topological polar surface area (TPSA) is 166 Å². The molecule has 4 aromatic carbocycles. The first-order valence-electron chi connectivity index (χ1n) is 16.5. The number of hydrogen-bond acceptors (Lipinski definition) is 10. The second kappa shape index (κ2) is 17.7. The van der Waals surface area contributed by atoms with Gasteiger partial charge in [-0.1, -0.05) is 49.2 Å². The Morgan fingerprint density at radius 3 is 2.35 bits per heavy atom. The summed E-state index contributed by atoms with van der Waals surface area (Å²) in [6.45, 7) is 2.79. The SMILES string of the molecule is CCCCCCCOc1ccc(C(=O)Oc2ccc(CC(NC(=O)c3cccc(NC(=O)c4ccc5snnc5c4)c3)C(=O)O)cc2OC)cc1. The van der Waals surface area contributed by atoms with E-state index in [-0.39, 0.29) is 23.5 Å². The lowest BCUT2D eigenvalue weighted by atomic mass is 10.0. The normalized spacial score (nSPS) is 11.4. The zero-order valence-corrected chi connectivity index (χ0v) is 29.0. The third-order valence-corrected chi connectivity index (χ3v) is 8.68. The fourth-order valence-electron chi connectivity index (χ4n) is 5.21. The standard InChI is InChI=1S/C38H38N4O8S/c1-3-4-5-6-7-19-49-29-15-12-25(13-16-29)38(47)50-32-17-11-24(21-33(32)48-2)20-31(37(45)46)40-36(44)26-9-8-10-28(22-26)39-35(43)27-14-18-34-30(23-27)41-42-51-34/h8-18,21-23,31H,3-7,19-20H2,1-2H3,(H,39,43)(H,40,44)(H,45,46). The van der Waals surface area contributed by atoms with Crippen LogP contribution in [0.1, 0.15) is 75.7 Å². The summed E-state index contributed by atoms with van der Waals surface area (Å²) in [5.74, 6) is -1.86. The fourth-order valence-corrected chi connectivity index (χ4v) is 5.75. The van der Waals surface area contributed by atoms with Gasteiger partial charge in [-0.25, -0.2) is 9.59 Å². The van der Waals surface area contributed by atoms with Gasteiger partial charge in [0.25, 0.3) is 11.8 Å². The van der Waals surface area contributed by atoms with Crippen LogP contribution in [-0.2, 0) is 11.2 Å². The van der Waals surface area contributed by atoms with Crippen molar-refractivity contribution in [1.29, 1.82) is 0 Å². The zero-order valence-electron chi connectivity index (χ0n) is 28.2. The van der Waals surface area contributed by atoms with Crippen molar-refractivity contribution in [1.82, 2.24) is 14.9 Å². The van der Waals surface area contributed by atoms with Crippen LogP contribution >= 0.6 is 11.5 Å². The molecule has 0 aliphatic carbocycles. The van der Waals surface area contributed by atoms with E-state index in [0.29, 0.717) is 40.3 Å². The summed E-state index contributed by atoms with van der Waals surface area (Å²) in [6.07, 6.45) is 5.60. The predicted molar refractivity (Wildman–Crippen MR) is 193 cm³/mol. The summed E-state index contributed by atoms with van der Waals surface area (Å²) in [7, 11) is 1.40. The number of aliphatic carboxylic acids is 1. The molecule has 0 fully saturated rings. The van der Waals surface area contributed by atoms with Gasteiger partial charge in [0, 0.05) is 23.2 Å². The minimum absolute atomic E-state index is 0.0872. The van der Waals surface area contributed by atoms with Gasteiger partial charge in [0.05, 0.1) is 24.0 Å². The second-order valence-electron chi connectivity index (χ2n) is 11.7. The molecule has 13 heteroatoms. The third-order valence-electron chi connectivity index (χ3n) is 7.97. The van der Waals surface area contributed by atoms with Crippen molar-refractivity contribution in [3.05, 3.63) is 107 Å². The molecule has 1 aromatic heterocycles. The Kier molecular flexibility index (Phi) is 12.7. The number of carbonyl (C=O) groups excluding carboxylic acids is 3. The van der Waals surface area contributed by atoms with Gasteiger partial charge in [0.2, 0.25) is 0 Å². The van der Waals surface area contributed by atoms with Crippen LogP contribution < -0.4 is 24.8 Å². The number of esters is 1. The van der Waals surface area contributed by atoms with E-state index in [1.165, 1.54) is 56.1 Å². The Morgan fingerprint density at radius 1 is 0.824 bits per heavy atom. The number of nitrogens with zero attached hydrogens (tertiary/aromatic N) is 2. The number of benzene rings is 4. The maximum Gasteiger partial charge on any atom is 0.343 e. The lowest BCUT2D eigenvalue weighted by Crippen LogP contribution is -2.42. The van der Waals surface area contributed by atoms with Crippen LogP contribution in [0.5, 0.6) is 17.2 Å². The minimum Gasteiger partial charge on any atom is -0.494 e. The average molecular weight is 711 g/mol. The van der Waals surface area contributed by atoms with Gasteiger partial charge in [-0.3, -0.25) is 9.59 Å². The number of amides is 2. The number of carbonyl (C=O) groups is 4. The first-order valence-corrected chi connectivity index (χ1v) is 17.3. The Morgan fingerprint density at radius 2 is 1.59 bits per heavy atom. The number of carboxylic acid groups (broad SMARTS) is 1. The van der Waals surface area contributed by atoms with Crippen molar-refractivity contribution >= 4 is 51.2 Å². The molecule has 3 N–H and O–H groups in total. The van der Waals surface area contributed by atoms with E-state index in [4.69, 9.17) is 14.2 Å². The van der Waals surface area contributed by atoms with Gasteiger partial charge in [0.15, 0.2) is 11.5 Å². The van der Waals surface area contributed by atoms with E-state index in [1.54, 1.807) is 66.7 Å². The van der Waals surface area contributed by atoms with Gasteiger partial charge in [-0.15, -0.1) is 5.10 Å². The van der Waals surface area contributed by atoms with Gasteiger partial charge in [-0.2, -0.15) is 0 Å². The summed E-state index contributed by atoms with van der Waals surface area (Å²) < 4.78 is 21.5. The van der Waals surface area contributed by atoms with Crippen LogP contribution in [0, 0.1) is 0 Å². The summed E-state index contributed by atoms with van der Waals surface area (Å²) in [6, 6.07) is 21.3. The number of fused-ring (bicyclic) bond motifs is 1. The predicted octanol–water partition coefficient (Wildman–Crippen LogP) is 6.95. The molecule has 12 nitrogen and oxygen atoms in total. The van der Waals surface area contributed by atoms with Crippen LogP contribution in [0.15, 0.2) is 84.9 Å². The summed E-state index contributed by atoms with van der Waals surface area (Å²) in [5.41, 5.74) is 2.31. The van der Waals surface area contributed by atoms with Crippen molar-refractivity contribution in [3.8, 4) is 17.2 Å². The van der Waals surface area contributed by atoms with Crippen molar-refractivity contribution in [2.24, 2.45) is 0 Å². The highest BCUT2D eigenvalue weighted by Crippen LogP contribution is 2.30. The average Bonchev–Trinajstić information content (AvgIpc) is 3.62. The maximum absolute atomic E-state index is 13.1. The molecule has 0 saturated heterocycles. The second-order valence-corrected chi connectivity index (χ2v) is 12.5. The fraction of sp³-hybridized carbons (Fsp3) is 0.263. The first-order chi connectivity index (χ1) is 24.7. The molecule has 0 saturated carbocycles. The van der Waals surface area contributed by atoms with Crippen molar-refractivity contribution in [3.63, 3.8) is 0 Å². The number of ether oxygens (including phenoxy) is 3.